The molecule has 0 amide bonds. The van der Waals surface area contributed by atoms with E-state index in [0.717, 1.165) is 57.8 Å². The summed E-state index contributed by atoms with van der Waals surface area (Å²) in [5.41, 5.74) is 0. The van der Waals surface area contributed by atoms with Gasteiger partial charge in [0.05, 0.1) is 25.9 Å². The van der Waals surface area contributed by atoms with Gasteiger partial charge in [0.15, 0.2) is 6.10 Å². The highest BCUT2D eigenvalue weighted by molar-refractivity contribution is 7.47. The molecule has 0 saturated carbocycles. The Morgan fingerprint density at radius 1 is 0.654 bits per heavy atom. The molecule has 0 aliphatic carbocycles. The molecule has 0 aromatic carbocycles. The largest absolute Gasteiger partial charge is 0.472 e. The van der Waals surface area contributed by atoms with Crippen molar-refractivity contribution in [3.05, 3.63) is 36.5 Å². The third kappa shape index (κ3) is 35.2. The molecule has 4 N–H and O–H groups in total. The van der Waals surface area contributed by atoms with E-state index >= 15 is 0 Å². The Labute approximate surface area is 314 Å². The summed E-state index contributed by atoms with van der Waals surface area (Å²) in [5.74, 6) is -1.00. The van der Waals surface area contributed by atoms with Crippen molar-refractivity contribution in [3.8, 4) is 0 Å². The Balaban J connectivity index is 4.43. The van der Waals surface area contributed by atoms with E-state index in [2.05, 4.69) is 30.5 Å². The Hall–Kier alpha value is -1.85. The van der Waals surface area contributed by atoms with Crippen LogP contribution in [-0.2, 0) is 32.7 Å². The first-order valence-corrected chi connectivity index (χ1v) is 21.5. The predicted molar refractivity (Wildman–Crippen MR) is 207 cm³/mol. The van der Waals surface area contributed by atoms with Gasteiger partial charge in [-0.3, -0.25) is 18.6 Å². The topological polar surface area (TPSA) is 169 Å². The lowest BCUT2D eigenvalue weighted by Gasteiger charge is -2.20. The summed E-state index contributed by atoms with van der Waals surface area (Å²) >= 11 is 0. The van der Waals surface area contributed by atoms with Gasteiger partial charge in [0.2, 0.25) is 0 Å². The van der Waals surface area contributed by atoms with E-state index < -0.39 is 57.9 Å². The van der Waals surface area contributed by atoms with Gasteiger partial charge >= 0.3 is 19.8 Å². The van der Waals surface area contributed by atoms with Gasteiger partial charge in [-0.25, -0.2) is 4.57 Å². The summed E-state index contributed by atoms with van der Waals surface area (Å²) in [6.45, 7) is 2.12. The zero-order valence-electron chi connectivity index (χ0n) is 32.4. The molecule has 0 aromatic heterocycles. The van der Waals surface area contributed by atoms with Crippen LogP contribution in [0.5, 0.6) is 0 Å². The molecule has 0 spiro atoms. The number of rotatable bonds is 37. The number of ether oxygens (including phenoxy) is 2. The average Bonchev–Trinajstić information content (AvgIpc) is 3.12. The molecule has 0 bridgehead atoms. The first-order valence-electron chi connectivity index (χ1n) is 20.1. The van der Waals surface area contributed by atoms with Crippen LogP contribution in [0.4, 0.5) is 0 Å². The van der Waals surface area contributed by atoms with Crippen molar-refractivity contribution in [2.75, 3.05) is 26.4 Å². The van der Waals surface area contributed by atoms with Crippen molar-refractivity contribution in [2.45, 2.75) is 180 Å². The van der Waals surface area contributed by atoms with Gasteiger partial charge in [-0.05, 0) is 32.1 Å². The van der Waals surface area contributed by atoms with Crippen LogP contribution in [0.25, 0.3) is 0 Å². The lowest BCUT2D eigenvalue weighted by Crippen LogP contribution is -2.29. The zero-order chi connectivity index (χ0) is 38.5. The molecule has 304 valence electrons. The molecule has 4 atom stereocenters. The van der Waals surface area contributed by atoms with E-state index in [0.29, 0.717) is 19.3 Å². The van der Waals surface area contributed by atoms with E-state index in [1.54, 1.807) is 6.08 Å². The molecule has 52 heavy (non-hydrogen) atoms. The summed E-state index contributed by atoms with van der Waals surface area (Å²) in [5, 5.41) is 28.4. The van der Waals surface area contributed by atoms with Crippen LogP contribution in [0.3, 0.4) is 0 Å². The van der Waals surface area contributed by atoms with Crippen LogP contribution < -0.4 is 0 Å². The second kappa shape index (κ2) is 36.1. The SMILES string of the molecule is CC/C=C/C/C=C/C=C/C(O)CCCCCCCC(=O)O[C@H](COC(=O)CCCCCCCCCCCCCCC)COP(=O)(O)OC[C@@H](O)CO. The van der Waals surface area contributed by atoms with Crippen LogP contribution in [0.1, 0.15) is 162 Å². The fourth-order valence-electron chi connectivity index (χ4n) is 5.29. The minimum Gasteiger partial charge on any atom is -0.462 e. The molecule has 0 aliphatic rings. The second-order valence-electron chi connectivity index (χ2n) is 13.5. The Morgan fingerprint density at radius 3 is 1.77 bits per heavy atom. The highest BCUT2D eigenvalue weighted by Crippen LogP contribution is 2.43. The number of hydrogen-bond acceptors (Lipinski definition) is 10. The molecule has 0 fully saturated rings. The van der Waals surface area contributed by atoms with E-state index in [1.165, 1.54) is 57.8 Å². The highest BCUT2D eigenvalue weighted by atomic mass is 31.2. The molecule has 0 aliphatic heterocycles. The Bertz CT molecular complexity index is 985. The van der Waals surface area contributed by atoms with Crippen LogP contribution in [0.2, 0.25) is 0 Å². The molecule has 12 heteroatoms. The normalized spacial score (nSPS) is 15.0. The first kappa shape index (κ1) is 50.1. The minimum atomic E-state index is -4.64. The summed E-state index contributed by atoms with van der Waals surface area (Å²) in [7, 11) is -4.64. The standard InChI is InChI=1S/C40H73O11P/c1-3-5-7-9-11-12-13-14-15-16-18-22-26-30-39(44)48-34-38(35-50-52(46,47)49-33-37(43)32-41)51-40(45)31-27-23-19-21-25-29-36(42)28-24-20-17-10-8-6-4-2/h6,8,17,20,24,28,36-38,41-43H,3-5,7,9-16,18-19,21-23,25-27,29-35H2,1-2H3,(H,46,47)/b8-6+,20-17+,28-24+/t36?,37-,38+/m0/s1. The maximum absolute atomic E-state index is 12.6. The number of esters is 2. The number of phosphoric acid groups is 1. The lowest BCUT2D eigenvalue weighted by atomic mass is 10.0. The van der Waals surface area contributed by atoms with E-state index in [9.17, 15) is 29.3 Å². The van der Waals surface area contributed by atoms with Crippen molar-refractivity contribution < 1.29 is 52.9 Å². The minimum absolute atomic E-state index is 0.116. The fraction of sp³-hybridized carbons (Fsp3) is 0.800. The van der Waals surface area contributed by atoms with Gasteiger partial charge in [0.1, 0.15) is 12.7 Å². The first-order chi connectivity index (χ1) is 25.1. The predicted octanol–water partition coefficient (Wildman–Crippen LogP) is 8.97. The van der Waals surface area contributed by atoms with Crippen molar-refractivity contribution in [3.63, 3.8) is 0 Å². The third-order valence-corrected chi connectivity index (χ3v) is 9.36. The summed E-state index contributed by atoms with van der Waals surface area (Å²) in [4.78, 5) is 34.9. The fourth-order valence-corrected chi connectivity index (χ4v) is 6.08. The number of carbonyl (C=O) groups excluding carboxylic acids is 2. The molecule has 0 heterocycles. The molecule has 2 unspecified atom stereocenters. The number of aliphatic hydroxyl groups is 3. The Kier molecular flexibility index (Phi) is 34.9. The second-order valence-corrected chi connectivity index (χ2v) is 14.9. The third-order valence-electron chi connectivity index (χ3n) is 8.41. The van der Waals surface area contributed by atoms with Crippen molar-refractivity contribution in [1.82, 2.24) is 0 Å². The van der Waals surface area contributed by atoms with Gasteiger partial charge in [-0.15, -0.1) is 0 Å². The zero-order valence-corrected chi connectivity index (χ0v) is 33.3. The molecule has 11 nitrogen and oxygen atoms in total. The molecule has 0 radical (unpaired) electrons. The van der Waals surface area contributed by atoms with E-state index in [4.69, 9.17) is 19.1 Å². The number of carbonyl (C=O) groups is 2. The van der Waals surface area contributed by atoms with Gasteiger partial charge in [0, 0.05) is 12.8 Å². The number of phosphoric ester groups is 1. The molecular formula is C40H73O11P. The number of allylic oxidation sites excluding steroid dienone is 5. The lowest BCUT2D eigenvalue weighted by molar-refractivity contribution is -0.161. The van der Waals surface area contributed by atoms with Gasteiger partial charge in [-0.2, -0.15) is 0 Å². The van der Waals surface area contributed by atoms with E-state index in [1.807, 2.05) is 18.2 Å². The van der Waals surface area contributed by atoms with Crippen LogP contribution in [0.15, 0.2) is 36.5 Å². The summed E-state index contributed by atoms with van der Waals surface area (Å²) in [6, 6.07) is 0. The number of unbranched alkanes of at least 4 members (excludes halogenated alkanes) is 16. The summed E-state index contributed by atoms with van der Waals surface area (Å²) in [6.07, 6.45) is 31.3. The van der Waals surface area contributed by atoms with Crippen LogP contribution in [-0.4, -0.2) is 76.9 Å². The molecule has 0 saturated heterocycles. The Morgan fingerprint density at radius 2 is 1.19 bits per heavy atom. The number of hydrogen-bond donors (Lipinski definition) is 4. The molecule has 0 aromatic rings. The maximum atomic E-state index is 12.6. The maximum Gasteiger partial charge on any atom is 0.472 e. The smallest absolute Gasteiger partial charge is 0.462 e. The van der Waals surface area contributed by atoms with Crippen molar-refractivity contribution >= 4 is 19.8 Å². The van der Waals surface area contributed by atoms with Crippen LogP contribution >= 0.6 is 7.82 Å². The van der Waals surface area contributed by atoms with Gasteiger partial charge in [0.25, 0.3) is 0 Å². The quantitative estimate of drug-likeness (QED) is 0.0157. The molecular weight excluding hydrogens is 687 g/mol. The monoisotopic (exact) mass is 760 g/mol. The van der Waals surface area contributed by atoms with Crippen molar-refractivity contribution in [2.24, 2.45) is 0 Å². The average molecular weight is 761 g/mol. The van der Waals surface area contributed by atoms with Gasteiger partial charge in [-0.1, -0.05) is 153 Å². The van der Waals surface area contributed by atoms with Crippen LogP contribution in [0, 0.1) is 0 Å². The van der Waals surface area contributed by atoms with Crippen molar-refractivity contribution in [1.29, 1.82) is 0 Å². The summed E-state index contributed by atoms with van der Waals surface area (Å²) < 4.78 is 32.6. The highest BCUT2D eigenvalue weighted by Gasteiger charge is 2.27. The molecule has 0 rings (SSSR count). The van der Waals surface area contributed by atoms with Gasteiger partial charge < -0.3 is 29.7 Å². The number of aliphatic hydroxyl groups excluding tert-OH is 3. The van der Waals surface area contributed by atoms with E-state index in [-0.39, 0.29) is 19.4 Å².